The zero-order chi connectivity index (χ0) is 13.0. The Morgan fingerprint density at radius 3 is 2.72 bits per heavy atom. The minimum Gasteiger partial charge on any atom is -0.504 e. The third kappa shape index (κ3) is 2.79. The summed E-state index contributed by atoms with van der Waals surface area (Å²) in [6, 6.07) is 9.82. The van der Waals surface area contributed by atoms with E-state index in [1.807, 2.05) is 30.3 Å². The van der Waals surface area contributed by atoms with Crippen LogP contribution in [0.3, 0.4) is 0 Å². The maximum Gasteiger partial charge on any atom is 0.150 e. The first kappa shape index (κ1) is 12.8. The number of hydrogen-bond acceptors (Lipinski definition) is 4. The number of anilines is 1. The second kappa shape index (κ2) is 5.81. The molecule has 0 aliphatic heterocycles. The molecular formula is C13H12IN3O. The van der Waals surface area contributed by atoms with Crippen LogP contribution >= 0.6 is 22.6 Å². The SMILES string of the molecule is COC=C(c1ccccc1)c1nc(I)cnc1N. The Bertz CT molecular complexity index is 570. The molecule has 1 heterocycles. The van der Waals surface area contributed by atoms with E-state index in [0.717, 1.165) is 14.8 Å². The van der Waals surface area contributed by atoms with Crippen LogP contribution in [-0.2, 0) is 4.74 Å². The highest BCUT2D eigenvalue weighted by atomic mass is 127. The van der Waals surface area contributed by atoms with Gasteiger partial charge in [-0.15, -0.1) is 0 Å². The Morgan fingerprint density at radius 2 is 2.06 bits per heavy atom. The summed E-state index contributed by atoms with van der Waals surface area (Å²) < 4.78 is 5.91. The van der Waals surface area contributed by atoms with Crippen molar-refractivity contribution in [1.29, 1.82) is 0 Å². The number of halogens is 1. The number of benzene rings is 1. The number of nitrogens with two attached hydrogens (primary N) is 1. The molecule has 0 aliphatic rings. The van der Waals surface area contributed by atoms with Gasteiger partial charge in [0.15, 0.2) is 0 Å². The van der Waals surface area contributed by atoms with Crippen molar-refractivity contribution in [3.05, 3.63) is 57.7 Å². The standard InChI is InChI=1S/C13H12IN3O/c1-18-8-10(9-5-3-2-4-6-9)12-13(15)16-7-11(14)17-12/h2-8H,1H3,(H2,15,16). The van der Waals surface area contributed by atoms with E-state index in [1.54, 1.807) is 19.6 Å². The monoisotopic (exact) mass is 353 g/mol. The maximum absolute atomic E-state index is 5.88. The molecule has 18 heavy (non-hydrogen) atoms. The molecule has 0 saturated carbocycles. The lowest BCUT2D eigenvalue weighted by atomic mass is 10.0. The molecule has 2 rings (SSSR count). The minimum absolute atomic E-state index is 0.391. The molecule has 2 N–H and O–H groups in total. The second-order valence-electron chi connectivity index (χ2n) is 3.56. The van der Waals surface area contributed by atoms with E-state index in [4.69, 9.17) is 10.5 Å². The van der Waals surface area contributed by atoms with Crippen LogP contribution in [0.5, 0.6) is 0 Å². The van der Waals surface area contributed by atoms with E-state index in [0.29, 0.717) is 11.5 Å². The first-order valence-electron chi connectivity index (χ1n) is 5.29. The van der Waals surface area contributed by atoms with Crippen LogP contribution in [0.4, 0.5) is 5.82 Å². The van der Waals surface area contributed by atoms with Gasteiger partial charge in [0.25, 0.3) is 0 Å². The van der Waals surface area contributed by atoms with Crippen LogP contribution in [0.2, 0.25) is 0 Å². The van der Waals surface area contributed by atoms with Crippen molar-refractivity contribution in [2.75, 3.05) is 12.8 Å². The quantitative estimate of drug-likeness (QED) is 0.681. The predicted octanol–water partition coefficient (Wildman–Crippen LogP) is 2.70. The van der Waals surface area contributed by atoms with Crippen LogP contribution in [0.15, 0.2) is 42.8 Å². The summed E-state index contributed by atoms with van der Waals surface area (Å²) in [4.78, 5) is 8.54. The highest BCUT2D eigenvalue weighted by Crippen LogP contribution is 2.25. The summed E-state index contributed by atoms with van der Waals surface area (Å²) in [6.45, 7) is 0. The molecule has 2 aromatic rings. The van der Waals surface area contributed by atoms with Gasteiger partial charge in [0.1, 0.15) is 15.2 Å². The Kier molecular flexibility index (Phi) is 4.14. The number of hydrogen-bond donors (Lipinski definition) is 1. The van der Waals surface area contributed by atoms with Crippen molar-refractivity contribution in [3.63, 3.8) is 0 Å². The molecule has 0 aliphatic carbocycles. The van der Waals surface area contributed by atoms with Crippen molar-refractivity contribution >= 4 is 34.0 Å². The molecule has 0 amide bonds. The molecule has 0 bridgehead atoms. The Balaban J connectivity index is 2.56. The molecule has 0 radical (unpaired) electrons. The highest BCUT2D eigenvalue weighted by molar-refractivity contribution is 14.1. The van der Waals surface area contributed by atoms with Crippen molar-refractivity contribution < 1.29 is 4.74 Å². The number of nitrogens with zero attached hydrogens (tertiary/aromatic N) is 2. The number of nitrogen functional groups attached to an aromatic ring is 1. The molecule has 0 unspecified atom stereocenters. The van der Waals surface area contributed by atoms with Crippen molar-refractivity contribution in [2.45, 2.75) is 0 Å². The van der Waals surface area contributed by atoms with Gasteiger partial charge in [-0.1, -0.05) is 30.3 Å². The third-order valence-corrected chi connectivity index (χ3v) is 2.87. The van der Waals surface area contributed by atoms with Gasteiger partial charge in [-0.3, -0.25) is 0 Å². The molecule has 5 heteroatoms. The van der Waals surface area contributed by atoms with Crippen LogP contribution < -0.4 is 5.73 Å². The largest absolute Gasteiger partial charge is 0.504 e. The van der Waals surface area contributed by atoms with Crippen LogP contribution in [-0.4, -0.2) is 17.1 Å². The fourth-order valence-corrected chi connectivity index (χ4v) is 1.95. The van der Waals surface area contributed by atoms with Gasteiger partial charge in [-0.25, -0.2) is 9.97 Å². The fourth-order valence-electron chi connectivity index (χ4n) is 1.57. The lowest BCUT2D eigenvalue weighted by Crippen LogP contribution is -2.03. The summed E-state index contributed by atoms with van der Waals surface area (Å²) in [6.07, 6.45) is 3.26. The molecule has 0 atom stereocenters. The first-order chi connectivity index (χ1) is 8.72. The Hall–Kier alpha value is -1.63. The molecule has 4 nitrogen and oxygen atoms in total. The lowest BCUT2D eigenvalue weighted by Gasteiger charge is -2.09. The van der Waals surface area contributed by atoms with Crippen LogP contribution in [0.1, 0.15) is 11.3 Å². The van der Waals surface area contributed by atoms with E-state index in [2.05, 4.69) is 32.6 Å². The summed E-state index contributed by atoms with van der Waals surface area (Å²) in [5, 5.41) is 0. The van der Waals surface area contributed by atoms with Gasteiger partial charge in [-0.05, 0) is 28.2 Å². The zero-order valence-corrected chi connectivity index (χ0v) is 12.0. The predicted molar refractivity (Wildman–Crippen MR) is 79.7 cm³/mol. The summed E-state index contributed by atoms with van der Waals surface area (Å²) >= 11 is 2.11. The molecule has 1 aromatic carbocycles. The van der Waals surface area contributed by atoms with Gasteiger partial charge in [-0.2, -0.15) is 0 Å². The summed E-state index contributed by atoms with van der Waals surface area (Å²) in [5.41, 5.74) is 8.33. The lowest BCUT2D eigenvalue weighted by molar-refractivity contribution is 0.340. The molecule has 92 valence electrons. The normalized spacial score (nSPS) is 11.3. The van der Waals surface area contributed by atoms with E-state index < -0.39 is 0 Å². The van der Waals surface area contributed by atoms with Gasteiger partial charge in [0.05, 0.1) is 19.6 Å². The molecule has 0 fully saturated rings. The molecule has 1 aromatic heterocycles. The van der Waals surface area contributed by atoms with E-state index >= 15 is 0 Å². The van der Waals surface area contributed by atoms with Gasteiger partial charge < -0.3 is 10.5 Å². The van der Waals surface area contributed by atoms with E-state index in [-0.39, 0.29) is 0 Å². The Morgan fingerprint density at radius 1 is 1.33 bits per heavy atom. The van der Waals surface area contributed by atoms with Crippen molar-refractivity contribution in [3.8, 4) is 0 Å². The average molecular weight is 353 g/mol. The Labute approximate surface area is 119 Å². The molecule has 0 saturated heterocycles. The fraction of sp³-hybridized carbons (Fsp3) is 0.0769. The number of aromatic nitrogens is 2. The summed E-state index contributed by atoms with van der Waals surface area (Å²) in [7, 11) is 1.60. The van der Waals surface area contributed by atoms with Gasteiger partial charge in [0, 0.05) is 5.57 Å². The zero-order valence-electron chi connectivity index (χ0n) is 9.80. The van der Waals surface area contributed by atoms with Gasteiger partial charge >= 0.3 is 0 Å². The van der Waals surface area contributed by atoms with E-state index in [1.165, 1.54) is 0 Å². The highest BCUT2D eigenvalue weighted by Gasteiger charge is 2.12. The van der Waals surface area contributed by atoms with Gasteiger partial charge in [0.2, 0.25) is 0 Å². The average Bonchev–Trinajstić information content (AvgIpc) is 2.40. The first-order valence-corrected chi connectivity index (χ1v) is 6.37. The third-order valence-electron chi connectivity index (χ3n) is 2.35. The number of methoxy groups -OCH3 is 1. The van der Waals surface area contributed by atoms with Crippen LogP contribution in [0, 0.1) is 3.70 Å². The van der Waals surface area contributed by atoms with Crippen molar-refractivity contribution in [2.24, 2.45) is 0 Å². The van der Waals surface area contributed by atoms with Crippen molar-refractivity contribution in [1.82, 2.24) is 9.97 Å². The topological polar surface area (TPSA) is 61.0 Å². The molecular weight excluding hydrogens is 341 g/mol. The van der Waals surface area contributed by atoms with Crippen LogP contribution in [0.25, 0.3) is 5.57 Å². The maximum atomic E-state index is 5.88. The summed E-state index contributed by atoms with van der Waals surface area (Å²) in [5.74, 6) is 0.391. The smallest absolute Gasteiger partial charge is 0.150 e. The van der Waals surface area contributed by atoms with E-state index in [9.17, 15) is 0 Å². The number of ether oxygens (including phenoxy) is 1. The minimum atomic E-state index is 0.391. The number of rotatable bonds is 3. The second-order valence-corrected chi connectivity index (χ2v) is 4.67. The molecule has 0 spiro atoms.